The summed E-state index contributed by atoms with van der Waals surface area (Å²) in [6.45, 7) is 11.3. The molecule has 2 heterocycles. The number of ether oxygens (including phenoxy) is 1. The van der Waals surface area contributed by atoms with E-state index in [4.69, 9.17) is 4.74 Å². The molecule has 0 bridgehead atoms. The Morgan fingerprint density at radius 3 is 1.87 bits per heavy atom. The number of benzene rings is 2. The van der Waals surface area contributed by atoms with E-state index >= 15 is 0 Å². The molecule has 0 N–H and O–H groups in total. The molecular weight excluding hydrogens is 382 g/mol. The predicted molar refractivity (Wildman–Crippen MR) is 128 cm³/mol. The monoisotopic (exact) mass is 421 g/mol. The number of rotatable bonds is 9. The molecule has 2 aromatic rings. The van der Waals surface area contributed by atoms with Gasteiger partial charge in [-0.1, -0.05) is 48.9 Å². The van der Waals surface area contributed by atoms with Crippen molar-refractivity contribution in [1.82, 2.24) is 14.7 Å². The first kappa shape index (κ1) is 22.3. The normalized spacial score (nSPS) is 19.2. The van der Waals surface area contributed by atoms with Crippen LogP contribution in [0.3, 0.4) is 0 Å². The maximum absolute atomic E-state index is 5.99. The Hall–Kier alpha value is -1.88. The highest BCUT2D eigenvalue weighted by Gasteiger charge is 2.15. The molecule has 2 fully saturated rings. The van der Waals surface area contributed by atoms with Crippen LogP contribution in [-0.4, -0.2) is 67.1 Å². The third-order valence-corrected chi connectivity index (χ3v) is 6.60. The Labute approximate surface area is 188 Å². The summed E-state index contributed by atoms with van der Waals surface area (Å²) in [4.78, 5) is 7.77. The molecule has 4 nitrogen and oxygen atoms in total. The molecule has 0 unspecified atom stereocenters. The zero-order valence-electron chi connectivity index (χ0n) is 19.1. The topological polar surface area (TPSA) is 19.0 Å². The highest BCUT2D eigenvalue weighted by atomic mass is 16.5. The highest BCUT2D eigenvalue weighted by Crippen LogP contribution is 2.16. The van der Waals surface area contributed by atoms with E-state index in [9.17, 15) is 0 Å². The molecule has 0 aromatic heterocycles. The summed E-state index contributed by atoms with van der Waals surface area (Å²) in [6.07, 6.45) is 6.50. The number of piperidine rings is 1. The summed E-state index contributed by atoms with van der Waals surface area (Å²) in [5, 5.41) is 0. The van der Waals surface area contributed by atoms with E-state index in [0.29, 0.717) is 0 Å². The van der Waals surface area contributed by atoms with Gasteiger partial charge in [-0.2, -0.15) is 0 Å². The van der Waals surface area contributed by atoms with Crippen molar-refractivity contribution in [1.29, 1.82) is 0 Å². The van der Waals surface area contributed by atoms with E-state index in [2.05, 4.69) is 69.3 Å². The second-order valence-corrected chi connectivity index (χ2v) is 9.14. The molecule has 2 saturated heterocycles. The van der Waals surface area contributed by atoms with Crippen LogP contribution in [0.5, 0.6) is 5.75 Å². The van der Waals surface area contributed by atoms with Gasteiger partial charge in [-0.05, 0) is 75.1 Å². The average molecular weight is 422 g/mol. The maximum Gasteiger partial charge on any atom is 0.119 e. The van der Waals surface area contributed by atoms with Gasteiger partial charge in [0.25, 0.3) is 0 Å². The third-order valence-electron chi connectivity index (χ3n) is 6.60. The van der Waals surface area contributed by atoms with Crippen molar-refractivity contribution in [3.63, 3.8) is 0 Å². The molecular formula is C27H39N3O. The average Bonchev–Trinajstić information content (AvgIpc) is 3.04. The van der Waals surface area contributed by atoms with Crippen molar-refractivity contribution in [2.24, 2.45) is 0 Å². The smallest absolute Gasteiger partial charge is 0.119 e. The highest BCUT2D eigenvalue weighted by molar-refractivity contribution is 5.27. The zero-order valence-corrected chi connectivity index (χ0v) is 19.1. The predicted octanol–water partition coefficient (Wildman–Crippen LogP) is 4.65. The molecule has 0 atom stereocenters. The fourth-order valence-electron chi connectivity index (χ4n) is 4.79. The molecule has 0 aliphatic carbocycles. The lowest BCUT2D eigenvalue weighted by molar-refractivity contribution is 0.205. The fraction of sp³-hybridized carbons (Fsp3) is 0.556. The van der Waals surface area contributed by atoms with E-state index in [1.54, 1.807) is 0 Å². The lowest BCUT2D eigenvalue weighted by atomic mass is 10.1. The van der Waals surface area contributed by atoms with Crippen LogP contribution in [0.1, 0.15) is 43.2 Å². The molecule has 0 amide bonds. The minimum atomic E-state index is 0.819. The van der Waals surface area contributed by atoms with Crippen molar-refractivity contribution >= 4 is 0 Å². The number of hydrogen-bond acceptors (Lipinski definition) is 4. The molecule has 2 aromatic carbocycles. The Morgan fingerprint density at radius 2 is 1.19 bits per heavy atom. The summed E-state index contributed by atoms with van der Waals surface area (Å²) in [7, 11) is 0. The Balaban J connectivity index is 1.15. The van der Waals surface area contributed by atoms with Crippen LogP contribution < -0.4 is 4.74 Å². The van der Waals surface area contributed by atoms with Gasteiger partial charge in [0.1, 0.15) is 5.75 Å². The van der Waals surface area contributed by atoms with Crippen molar-refractivity contribution in [3.05, 3.63) is 65.7 Å². The van der Waals surface area contributed by atoms with E-state index in [1.807, 2.05) is 0 Å². The van der Waals surface area contributed by atoms with E-state index in [1.165, 1.54) is 69.5 Å². The first-order valence-electron chi connectivity index (χ1n) is 12.3. The molecule has 0 saturated carbocycles. The number of hydrogen-bond donors (Lipinski definition) is 0. The molecule has 31 heavy (non-hydrogen) atoms. The summed E-state index contributed by atoms with van der Waals surface area (Å²) in [6, 6.07) is 19.6. The quantitative estimate of drug-likeness (QED) is 0.549. The van der Waals surface area contributed by atoms with Gasteiger partial charge in [0, 0.05) is 32.7 Å². The first-order valence-corrected chi connectivity index (χ1v) is 12.3. The second-order valence-electron chi connectivity index (χ2n) is 9.14. The van der Waals surface area contributed by atoms with Gasteiger partial charge in [-0.3, -0.25) is 9.80 Å². The van der Waals surface area contributed by atoms with Crippen LogP contribution in [0.2, 0.25) is 0 Å². The summed E-state index contributed by atoms with van der Waals surface area (Å²) in [5.74, 6) is 1.01. The standard InChI is InChI=1S/C27H39N3O/c1-3-9-25(10-4-1)23-29-17-7-18-30(21-20-29)24-26-11-13-27(14-12-26)31-22-8-19-28-15-5-2-6-16-28/h1,3-4,9-14H,2,5-8,15-24H2. The van der Waals surface area contributed by atoms with E-state index < -0.39 is 0 Å². The van der Waals surface area contributed by atoms with Gasteiger partial charge < -0.3 is 9.64 Å². The summed E-state index contributed by atoms with van der Waals surface area (Å²) < 4.78 is 5.99. The van der Waals surface area contributed by atoms with Crippen LogP contribution in [-0.2, 0) is 13.1 Å². The fourth-order valence-corrected chi connectivity index (χ4v) is 4.79. The zero-order chi connectivity index (χ0) is 21.1. The van der Waals surface area contributed by atoms with Crippen molar-refractivity contribution in [2.75, 3.05) is 52.4 Å². The van der Waals surface area contributed by atoms with Gasteiger partial charge in [0.2, 0.25) is 0 Å². The van der Waals surface area contributed by atoms with Crippen LogP contribution in [0, 0.1) is 0 Å². The van der Waals surface area contributed by atoms with Crippen LogP contribution in [0.25, 0.3) is 0 Å². The van der Waals surface area contributed by atoms with Gasteiger partial charge in [-0.25, -0.2) is 0 Å². The Bertz CT molecular complexity index is 743. The molecule has 2 aliphatic heterocycles. The van der Waals surface area contributed by atoms with E-state index in [-0.39, 0.29) is 0 Å². The SMILES string of the molecule is c1ccc(CN2CCCN(Cc3ccc(OCCCN4CCCCC4)cc3)CC2)cc1. The molecule has 4 rings (SSSR count). The molecule has 4 heteroatoms. The maximum atomic E-state index is 5.99. The Morgan fingerprint density at radius 1 is 0.581 bits per heavy atom. The third kappa shape index (κ3) is 7.64. The first-order chi connectivity index (χ1) is 15.3. The lowest BCUT2D eigenvalue weighted by Gasteiger charge is -2.26. The van der Waals surface area contributed by atoms with Crippen LogP contribution >= 0.6 is 0 Å². The van der Waals surface area contributed by atoms with Crippen molar-refractivity contribution < 1.29 is 4.74 Å². The van der Waals surface area contributed by atoms with Crippen molar-refractivity contribution in [3.8, 4) is 5.75 Å². The number of nitrogens with zero attached hydrogens (tertiary/aromatic N) is 3. The summed E-state index contributed by atoms with van der Waals surface area (Å²) >= 11 is 0. The molecule has 168 valence electrons. The molecule has 0 spiro atoms. The molecule has 2 aliphatic rings. The minimum absolute atomic E-state index is 0.819. The van der Waals surface area contributed by atoms with Crippen LogP contribution in [0.4, 0.5) is 0 Å². The largest absolute Gasteiger partial charge is 0.494 e. The van der Waals surface area contributed by atoms with Gasteiger partial charge in [0.15, 0.2) is 0 Å². The Kier molecular flexibility index (Phi) is 8.81. The summed E-state index contributed by atoms with van der Waals surface area (Å²) in [5.41, 5.74) is 2.81. The minimum Gasteiger partial charge on any atom is -0.494 e. The second kappa shape index (κ2) is 12.2. The number of likely N-dealkylation sites (tertiary alicyclic amines) is 1. The van der Waals surface area contributed by atoms with Gasteiger partial charge in [-0.15, -0.1) is 0 Å². The van der Waals surface area contributed by atoms with Crippen LogP contribution in [0.15, 0.2) is 54.6 Å². The van der Waals surface area contributed by atoms with Gasteiger partial charge >= 0.3 is 0 Å². The van der Waals surface area contributed by atoms with Gasteiger partial charge in [0.05, 0.1) is 6.61 Å². The lowest BCUT2D eigenvalue weighted by Crippen LogP contribution is -2.31. The van der Waals surface area contributed by atoms with E-state index in [0.717, 1.165) is 45.0 Å². The van der Waals surface area contributed by atoms with Crippen molar-refractivity contribution in [2.45, 2.75) is 45.2 Å². The molecule has 0 radical (unpaired) electrons.